The largest absolute Gasteiger partial charge is 0.288 e. The molecule has 0 aliphatic heterocycles. The smallest absolute Gasteiger partial charge is 0.186 e. The zero-order valence-electron chi connectivity index (χ0n) is 8.57. The molecule has 0 radical (unpaired) electrons. The Balaban J connectivity index is 2.46. The van der Waals surface area contributed by atoms with Gasteiger partial charge < -0.3 is 0 Å². The van der Waals surface area contributed by atoms with Crippen LogP contribution in [0.5, 0.6) is 0 Å². The van der Waals surface area contributed by atoms with Gasteiger partial charge in [0.15, 0.2) is 5.12 Å². The van der Waals surface area contributed by atoms with Crippen molar-refractivity contribution in [2.75, 3.05) is 5.75 Å². The van der Waals surface area contributed by atoms with Crippen molar-refractivity contribution < 1.29 is 4.79 Å². The monoisotopic (exact) mass is 240 g/mol. The summed E-state index contributed by atoms with van der Waals surface area (Å²) in [7, 11) is 0. The van der Waals surface area contributed by atoms with Crippen LogP contribution in [0.3, 0.4) is 0 Å². The van der Waals surface area contributed by atoms with E-state index in [-0.39, 0.29) is 5.12 Å². The van der Waals surface area contributed by atoms with Gasteiger partial charge in [-0.15, -0.1) is 11.6 Å². The van der Waals surface area contributed by atoms with Crippen LogP contribution >= 0.6 is 23.4 Å². The molecule has 1 nitrogen and oxygen atoms in total. The molecule has 0 saturated heterocycles. The Morgan fingerprint density at radius 2 is 2.07 bits per heavy atom. The molecule has 0 atom stereocenters. The van der Waals surface area contributed by atoms with E-state index in [4.69, 9.17) is 11.6 Å². The highest BCUT2D eigenvalue weighted by Gasteiger charge is 1.91. The third-order valence-corrected chi connectivity index (χ3v) is 2.90. The van der Waals surface area contributed by atoms with E-state index in [0.717, 1.165) is 16.9 Å². The fourth-order valence-corrected chi connectivity index (χ4v) is 1.67. The quantitative estimate of drug-likeness (QED) is 0.747. The zero-order valence-corrected chi connectivity index (χ0v) is 10.1. The average molecular weight is 241 g/mol. The number of rotatable bonds is 4. The van der Waals surface area contributed by atoms with E-state index in [1.54, 1.807) is 6.92 Å². The third-order valence-electron chi connectivity index (χ3n) is 1.83. The summed E-state index contributed by atoms with van der Waals surface area (Å²) < 4.78 is 0. The number of benzene rings is 1. The summed E-state index contributed by atoms with van der Waals surface area (Å²) in [5.41, 5.74) is 2.25. The second kappa shape index (κ2) is 6.70. The van der Waals surface area contributed by atoms with Crippen LogP contribution in [0.15, 0.2) is 30.3 Å². The van der Waals surface area contributed by atoms with Gasteiger partial charge in [-0.2, -0.15) is 0 Å². The topological polar surface area (TPSA) is 17.1 Å². The van der Waals surface area contributed by atoms with Gasteiger partial charge in [-0.05, 0) is 11.1 Å². The number of carbonyl (C=O) groups is 1. The van der Waals surface area contributed by atoms with Gasteiger partial charge in [-0.3, -0.25) is 4.79 Å². The van der Waals surface area contributed by atoms with E-state index in [0.29, 0.717) is 5.88 Å². The summed E-state index contributed by atoms with van der Waals surface area (Å²) in [6.45, 7) is 1.58. The lowest BCUT2D eigenvalue weighted by Crippen LogP contribution is -1.82. The predicted octanol–water partition coefficient (Wildman–Crippen LogP) is 3.72. The second-order valence-corrected chi connectivity index (χ2v) is 4.54. The van der Waals surface area contributed by atoms with Crippen LogP contribution in [0.4, 0.5) is 0 Å². The van der Waals surface area contributed by atoms with E-state index >= 15 is 0 Å². The number of thioether (sulfide) groups is 1. The molecule has 0 amide bonds. The first-order chi connectivity index (χ1) is 7.22. The first kappa shape index (κ1) is 12.3. The molecule has 0 aromatic heterocycles. The lowest BCUT2D eigenvalue weighted by Gasteiger charge is -1.96. The minimum atomic E-state index is 0.150. The van der Waals surface area contributed by atoms with Crippen molar-refractivity contribution >= 4 is 34.6 Å². The molecule has 1 aromatic rings. The molecule has 0 saturated carbocycles. The zero-order chi connectivity index (χ0) is 11.1. The van der Waals surface area contributed by atoms with E-state index in [1.165, 1.54) is 11.8 Å². The summed E-state index contributed by atoms with van der Waals surface area (Å²) >= 11 is 6.99. The van der Waals surface area contributed by atoms with Crippen LogP contribution in [-0.4, -0.2) is 10.9 Å². The molecule has 0 aliphatic rings. The lowest BCUT2D eigenvalue weighted by atomic mass is 10.1. The molecule has 0 unspecified atom stereocenters. The van der Waals surface area contributed by atoms with Gasteiger partial charge in [0.25, 0.3) is 0 Å². The minimum Gasteiger partial charge on any atom is -0.288 e. The molecule has 0 fully saturated rings. The van der Waals surface area contributed by atoms with Crippen molar-refractivity contribution in [3.05, 3.63) is 41.5 Å². The maximum Gasteiger partial charge on any atom is 0.186 e. The first-order valence-corrected chi connectivity index (χ1v) is 6.19. The molecule has 0 N–H and O–H groups in total. The second-order valence-electron chi connectivity index (χ2n) is 3.08. The van der Waals surface area contributed by atoms with E-state index in [2.05, 4.69) is 0 Å². The number of hydrogen-bond acceptors (Lipinski definition) is 2. The molecule has 1 rings (SSSR count). The molecule has 1 aromatic carbocycles. The third kappa shape index (κ3) is 5.05. The molecular formula is C12H13ClOS. The highest BCUT2D eigenvalue weighted by atomic mass is 35.5. The van der Waals surface area contributed by atoms with Crippen LogP contribution in [0.1, 0.15) is 18.1 Å². The molecular weight excluding hydrogens is 228 g/mol. The van der Waals surface area contributed by atoms with E-state index in [1.807, 2.05) is 36.4 Å². The van der Waals surface area contributed by atoms with Crippen LogP contribution in [0.25, 0.3) is 6.08 Å². The average Bonchev–Trinajstić information content (AvgIpc) is 2.25. The van der Waals surface area contributed by atoms with Crippen LogP contribution in [0, 0.1) is 0 Å². The number of carbonyl (C=O) groups excluding carboxylic acids is 1. The lowest BCUT2D eigenvalue weighted by molar-refractivity contribution is -0.109. The van der Waals surface area contributed by atoms with Crippen molar-refractivity contribution in [1.29, 1.82) is 0 Å². The maximum atomic E-state index is 10.7. The van der Waals surface area contributed by atoms with E-state index < -0.39 is 0 Å². The Morgan fingerprint density at radius 1 is 1.40 bits per heavy atom. The number of alkyl halides is 1. The van der Waals surface area contributed by atoms with Crippen molar-refractivity contribution in [2.24, 2.45) is 0 Å². The first-order valence-electron chi connectivity index (χ1n) is 4.67. The van der Waals surface area contributed by atoms with Crippen molar-refractivity contribution in [1.82, 2.24) is 0 Å². The van der Waals surface area contributed by atoms with E-state index in [9.17, 15) is 4.79 Å². The van der Waals surface area contributed by atoms with Crippen LogP contribution < -0.4 is 0 Å². The van der Waals surface area contributed by atoms with Gasteiger partial charge in [-0.25, -0.2) is 0 Å². The number of halogens is 1. The van der Waals surface area contributed by atoms with Crippen molar-refractivity contribution in [3.63, 3.8) is 0 Å². The van der Waals surface area contributed by atoms with Gasteiger partial charge in [0.1, 0.15) is 0 Å². The van der Waals surface area contributed by atoms with Gasteiger partial charge in [0, 0.05) is 18.6 Å². The Labute approximate surface area is 99.5 Å². The Morgan fingerprint density at radius 3 is 2.60 bits per heavy atom. The standard InChI is InChI=1S/C12H13ClOS/c1-10(14)15-8-2-3-11-4-6-12(9-13)7-5-11/h2-7H,8-9H2,1H3. The predicted molar refractivity (Wildman–Crippen MR) is 68.2 cm³/mol. The van der Waals surface area contributed by atoms with Crippen LogP contribution in [0.2, 0.25) is 0 Å². The Bertz CT molecular complexity index is 343. The number of hydrogen-bond donors (Lipinski definition) is 0. The summed E-state index contributed by atoms with van der Waals surface area (Å²) in [4.78, 5) is 10.7. The fourth-order valence-electron chi connectivity index (χ4n) is 1.07. The van der Waals surface area contributed by atoms with Gasteiger partial charge in [0.05, 0.1) is 0 Å². The Kier molecular flexibility index (Phi) is 5.51. The molecule has 80 valence electrons. The van der Waals surface area contributed by atoms with Crippen molar-refractivity contribution in [2.45, 2.75) is 12.8 Å². The molecule has 0 bridgehead atoms. The molecule has 0 spiro atoms. The van der Waals surface area contributed by atoms with Crippen LogP contribution in [-0.2, 0) is 10.7 Å². The molecule has 0 aliphatic carbocycles. The fraction of sp³-hybridized carbons (Fsp3) is 0.250. The highest BCUT2D eigenvalue weighted by molar-refractivity contribution is 8.13. The summed E-state index contributed by atoms with van der Waals surface area (Å²) in [6.07, 6.45) is 4.00. The maximum absolute atomic E-state index is 10.7. The highest BCUT2D eigenvalue weighted by Crippen LogP contribution is 2.09. The van der Waals surface area contributed by atoms with Crippen molar-refractivity contribution in [3.8, 4) is 0 Å². The SMILES string of the molecule is CC(=O)SCC=Cc1ccc(CCl)cc1. The molecule has 0 heterocycles. The van der Waals surface area contributed by atoms with Gasteiger partial charge in [0.2, 0.25) is 0 Å². The normalized spacial score (nSPS) is 10.8. The summed E-state index contributed by atoms with van der Waals surface area (Å²) in [6, 6.07) is 8.05. The molecule has 3 heteroatoms. The van der Waals surface area contributed by atoms with Gasteiger partial charge in [-0.1, -0.05) is 48.2 Å². The molecule has 15 heavy (non-hydrogen) atoms. The minimum absolute atomic E-state index is 0.150. The Hall–Kier alpha value is -0.730. The van der Waals surface area contributed by atoms with Gasteiger partial charge >= 0.3 is 0 Å². The summed E-state index contributed by atoms with van der Waals surface area (Å²) in [5.74, 6) is 1.27. The summed E-state index contributed by atoms with van der Waals surface area (Å²) in [5, 5.41) is 0.150.